The second kappa shape index (κ2) is 9.15. The van der Waals surface area contributed by atoms with Crippen LogP contribution in [0.1, 0.15) is 12.0 Å². The molecule has 0 unspecified atom stereocenters. The number of H-pyrrole nitrogens is 1. The molecule has 0 aliphatic rings. The van der Waals surface area contributed by atoms with E-state index < -0.39 is 0 Å². The van der Waals surface area contributed by atoms with Crippen LogP contribution in [0.4, 0.5) is 0 Å². The highest BCUT2D eigenvalue weighted by Gasteiger charge is 2.09. The van der Waals surface area contributed by atoms with E-state index in [2.05, 4.69) is 10.2 Å². The summed E-state index contributed by atoms with van der Waals surface area (Å²) in [5.41, 5.74) is 0.881. The summed E-state index contributed by atoms with van der Waals surface area (Å²) >= 11 is 1.55. The van der Waals surface area contributed by atoms with Gasteiger partial charge in [-0.3, -0.25) is 4.57 Å². The van der Waals surface area contributed by atoms with Crippen LogP contribution in [0.25, 0.3) is 0 Å². The first-order valence-corrected chi connectivity index (χ1v) is 9.33. The van der Waals surface area contributed by atoms with Crippen LogP contribution in [0.3, 0.4) is 0 Å². The molecule has 1 aromatic heterocycles. The number of thioether (sulfide) groups is 1. The minimum Gasteiger partial charge on any atom is -0.497 e. The van der Waals surface area contributed by atoms with Crippen molar-refractivity contribution in [2.75, 3.05) is 19.5 Å². The fourth-order valence-electron chi connectivity index (χ4n) is 2.40. The predicted octanol–water partition coefficient (Wildman–Crippen LogP) is 3.19. The molecule has 3 rings (SSSR count). The van der Waals surface area contributed by atoms with Crippen molar-refractivity contribution < 1.29 is 9.47 Å². The van der Waals surface area contributed by atoms with Crippen LogP contribution in [-0.2, 0) is 6.54 Å². The molecule has 2 aromatic carbocycles. The largest absolute Gasteiger partial charge is 0.497 e. The minimum absolute atomic E-state index is 0.189. The number of aromatic amines is 1. The van der Waals surface area contributed by atoms with Gasteiger partial charge in [0.1, 0.15) is 11.5 Å². The Morgan fingerprint density at radius 2 is 1.81 bits per heavy atom. The van der Waals surface area contributed by atoms with Crippen molar-refractivity contribution in [3.05, 3.63) is 70.6 Å². The number of hydrogen-bond donors (Lipinski definition) is 1. The summed E-state index contributed by atoms with van der Waals surface area (Å²) in [6, 6.07) is 17.4. The lowest BCUT2D eigenvalue weighted by atomic mass is 10.2. The number of nitrogens with zero attached hydrogens (tertiary/aromatic N) is 2. The lowest BCUT2D eigenvalue weighted by Gasteiger charge is -2.07. The Balaban J connectivity index is 1.47. The summed E-state index contributed by atoms with van der Waals surface area (Å²) in [5, 5.41) is 7.35. The van der Waals surface area contributed by atoms with Gasteiger partial charge in [0.05, 0.1) is 20.3 Å². The summed E-state index contributed by atoms with van der Waals surface area (Å²) < 4.78 is 12.5. The summed E-state index contributed by atoms with van der Waals surface area (Å²) in [7, 11) is 1.64. The number of methoxy groups -OCH3 is 1. The molecule has 0 spiro atoms. The third-order valence-corrected chi connectivity index (χ3v) is 4.82. The van der Waals surface area contributed by atoms with E-state index in [9.17, 15) is 4.79 Å². The highest BCUT2D eigenvalue weighted by Crippen LogP contribution is 2.18. The normalized spacial score (nSPS) is 10.7. The van der Waals surface area contributed by atoms with E-state index >= 15 is 0 Å². The Kier molecular flexibility index (Phi) is 6.38. The van der Waals surface area contributed by atoms with Gasteiger partial charge in [0, 0.05) is 5.75 Å². The van der Waals surface area contributed by atoms with Gasteiger partial charge in [-0.05, 0) is 36.2 Å². The van der Waals surface area contributed by atoms with Gasteiger partial charge < -0.3 is 9.47 Å². The van der Waals surface area contributed by atoms with E-state index in [1.807, 2.05) is 54.6 Å². The van der Waals surface area contributed by atoms with Crippen LogP contribution in [0.5, 0.6) is 11.5 Å². The van der Waals surface area contributed by atoms with Crippen molar-refractivity contribution in [3.63, 3.8) is 0 Å². The molecule has 0 amide bonds. The zero-order valence-corrected chi connectivity index (χ0v) is 15.4. The maximum absolute atomic E-state index is 12.0. The van der Waals surface area contributed by atoms with E-state index in [0.717, 1.165) is 29.2 Å². The molecule has 3 aromatic rings. The van der Waals surface area contributed by atoms with Crippen molar-refractivity contribution in [3.8, 4) is 11.5 Å². The third kappa shape index (κ3) is 4.92. The van der Waals surface area contributed by atoms with Crippen LogP contribution < -0.4 is 15.2 Å². The molecule has 0 aliphatic heterocycles. The molecule has 1 heterocycles. The number of benzene rings is 2. The van der Waals surface area contributed by atoms with Gasteiger partial charge in [0.25, 0.3) is 0 Å². The molecule has 7 heteroatoms. The van der Waals surface area contributed by atoms with Crippen LogP contribution in [0.2, 0.25) is 0 Å². The second-order valence-corrected chi connectivity index (χ2v) is 6.67. The molecule has 0 saturated carbocycles. The molecule has 0 fully saturated rings. The second-order valence-electron chi connectivity index (χ2n) is 5.61. The first-order chi connectivity index (χ1) is 12.8. The molecular weight excluding hydrogens is 350 g/mol. The average molecular weight is 371 g/mol. The zero-order valence-electron chi connectivity index (χ0n) is 14.6. The molecule has 0 radical (unpaired) electrons. The number of rotatable bonds is 9. The number of ether oxygens (including phenoxy) is 2. The van der Waals surface area contributed by atoms with Crippen LogP contribution >= 0.6 is 11.8 Å². The van der Waals surface area contributed by atoms with Gasteiger partial charge in [0.2, 0.25) is 0 Å². The van der Waals surface area contributed by atoms with Gasteiger partial charge in [-0.2, -0.15) is 0 Å². The van der Waals surface area contributed by atoms with Gasteiger partial charge >= 0.3 is 5.69 Å². The maximum atomic E-state index is 12.0. The molecular formula is C19H21N3O3S. The monoisotopic (exact) mass is 371 g/mol. The van der Waals surface area contributed by atoms with Crippen LogP contribution in [-0.4, -0.2) is 34.2 Å². The van der Waals surface area contributed by atoms with Gasteiger partial charge in [-0.25, -0.2) is 9.89 Å². The third-order valence-electron chi connectivity index (χ3n) is 3.75. The molecule has 26 heavy (non-hydrogen) atoms. The lowest BCUT2D eigenvalue weighted by Crippen LogP contribution is -2.18. The van der Waals surface area contributed by atoms with Crippen molar-refractivity contribution in [1.29, 1.82) is 0 Å². The van der Waals surface area contributed by atoms with E-state index in [1.54, 1.807) is 23.4 Å². The SMILES string of the molecule is COc1ccc(OCCCSc2n[nH]c(=O)n2Cc2ccccc2)cc1. The Bertz CT molecular complexity index is 860. The van der Waals surface area contributed by atoms with Crippen molar-refractivity contribution in [1.82, 2.24) is 14.8 Å². The Hall–Kier alpha value is -2.67. The fourth-order valence-corrected chi connectivity index (χ4v) is 3.26. The first-order valence-electron chi connectivity index (χ1n) is 8.35. The van der Waals surface area contributed by atoms with Gasteiger partial charge in [-0.15, -0.1) is 5.10 Å². The molecule has 136 valence electrons. The van der Waals surface area contributed by atoms with Crippen molar-refractivity contribution in [2.45, 2.75) is 18.1 Å². The molecule has 0 bridgehead atoms. The van der Waals surface area contributed by atoms with Crippen molar-refractivity contribution in [2.24, 2.45) is 0 Å². The Morgan fingerprint density at radius 3 is 2.54 bits per heavy atom. The molecule has 6 nitrogen and oxygen atoms in total. The van der Waals surface area contributed by atoms with E-state index in [4.69, 9.17) is 9.47 Å². The highest BCUT2D eigenvalue weighted by molar-refractivity contribution is 7.99. The summed E-state index contributed by atoms with van der Waals surface area (Å²) in [6.07, 6.45) is 0.850. The molecule has 1 N–H and O–H groups in total. The van der Waals surface area contributed by atoms with E-state index in [0.29, 0.717) is 18.3 Å². The average Bonchev–Trinajstić information content (AvgIpc) is 3.02. The van der Waals surface area contributed by atoms with Crippen LogP contribution in [0, 0.1) is 0 Å². The van der Waals surface area contributed by atoms with Gasteiger partial charge in [0.15, 0.2) is 5.16 Å². The number of nitrogens with one attached hydrogen (secondary N) is 1. The Labute approximate surface area is 156 Å². The summed E-state index contributed by atoms with van der Waals surface area (Å²) in [5.74, 6) is 2.44. The maximum Gasteiger partial charge on any atom is 0.344 e. The summed E-state index contributed by atoms with van der Waals surface area (Å²) in [6.45, 7) is 1.12. The van der Waals surface area contributed by atoms with Gasteiger partial charge in [-0.1, -0.05) is 42.1 Å². The smallest absolute Gasteiger partial charge is 0.344 e. The van der Waals surface area contributed by atoms with E-state index in [1.165, 1.54) is 0 Å². The molecule has 0 aliphatic carbocycles. The standard InChI is InChI=1S/C19H21N3O3S/c1-24-16-8-10-17(11-9-16)25-12-5-13-26-19-21-20-18(23)22(19)14-15-6-3-2-4-7-15/h2-4,6-11H,5,12-14H2,1H3,(H,20,23). The first kappa shape index (κ1) is 18.1. The Morgan fingerprint density at radius 1 is 1.08 bits per heavy atom. The minimum atomic E-state index is -0.189. The molecule has 0 atom stereocenters. The van der Waals surface area contributed by atoms with Crippen LogP contribution in [0.15, 0.2) is 64.5 Å². The summed E-state index contributed by atoms with van der Waals surface area (Å²) in [4.78, 5) is 12.0. The quantitative estimate of drug-likeness (QED) is 0.462. The predicted molar refractivity (Wildman–Crippen MR) is 102 cm³/mol. The topological polar surface area (TPSA) is 69.1 Å². The lowest BCUT2D eigenvalue weighted by molar-refractivity contribution is 0.318. The highest BCUT2D eigenvalue weighted by atomic mass is 32.2. The fraction of sp³-hybridized carbons (Fsp3) is 0.263. The number of hydrogen-bond acceptors (Lipinski definition) is 5. The zero-order chi connectivity index (χ0) is 18.2. The molecule has 0 saturated heterocycles. The van der Waals surface area contributed by atoms with Crippen molar-refractivity contribution >= 4 is 11.8 Å². The van der Waals surface area contributed by atoms with E-state index in [-0.39, 0.29) is 5.69 Å². The number of aromatic nitrogens is 3.